The predicted octanol–water partition coefficient (Wildman–Crippen LogP) is 2.97. The Labute approximate surface area is 232 Å². The molecule has 3 amide bonds. The van der Waals surface area contributed by atoms with Crippen molar-refractivity contribution >= 4 is 46.3 Å². The molecule has 3 N–H and O–H groups in total. The van der Waals surface area contributed by atoms with Crippen LogP contribution >= 0.6 is 22.6 Å². The second kappa shape index (κ2) is 16.0. The third kappa shape index (κ3) is 10.9. The first-order valence-electron chi connectivity index (χ1n) is 12.3. The first-order chi connectivity index (χ1) is 17.7. The van der Waals surface area contributed by atoms with Crippen LogP contribution in [0.25, 0.3) is 0 Å². The minimum atomic E-state index is -0.904. The molecule has 9 heteroatoms. The van der Waals surface area contributed by atoms with Crippen LogP contribution in [0.2, 0.25) is 0 Å². The maximum absolute atomic E-state index is 13.3. The van der Waals surface area contributed by atoms with Crippen LogP contribution in [-0.4, -0.2) is 53.4 Å². The van der Waals surface area contributed by atoms with Crippen molar-refractivity contribution in [3.05, 3.63) is 71.8 Å². The summed E-state index contributed by atoms with van der Waals surface area (Å²) in [4.78, 5) is 51.1. The first kappa shape index (κ1) is 30.3. The summed E-state index contributed by atoms with van der Waals surface area (Å²) in [6.07, 6.45) is 1.59. The minimum Gasteiger partial charge on any atom is -0.467 e. The summed E-state index contributed by atoms with van der Waals surface area (Å²) in [6, 6.07) is 16.4. The Morgan fingerprint density at radius 2 is 1.32 bits per heavy atom. The van der Waals surface area contributed by atoms with Gasteiger partial charge in [0, 0.05) is 6.42 Å². The zero-order valence-electron chi connectivity index (χ0n) is 21.5. The number of carbonyl (C=O) groups is 4. The number of aryl methyl sites for hydroxylation is 1. The molecule has 0 aliphatic carbocycles. The van der Waals surface area contributed by atoms with Gasteiger partial charge in [0.1, 0.15) is 18.1 Å². The number of nitrogens with one attached hydrogen (secondary N) is 3. The van der Waals surface area contributed by atoms with Crippen molar-refractivity contribution in [3.63, 3.8) is 0 Å². The Hall–Kier alpha value is -2.95. The molecule has 0 heterocycles. The van der Waals surface area contributed by atoms with Gasteiger partial charge in [0.05, 0.1) is 11.5 Å². The zero-order chi connectivity index (χ0) is 27.2. The molecule has 3 atom stereocenters. The Kier molecular flexibility index (Phi) is 13.1. The molecule has 2 aromatic carbocycles. The third-order valence-electron chi connectivity index (χ3n) is 5.76. The van der Waals surface area contributed by atoms with E-state index in [0.717, 1.165) is 11.1 Å². The fourth-order valence-corrected chi connectivity index (χ4v) is 4.11. The highest BCUT2D eigenvalue weighted by Gasteiger charge is 2.30. The highest BCUT2D eigenvalue weighted by atomic mass is 127. The van der Waals surface area contributed by atoms with Crippen molar-refractivity contribution in [2.75, 3.05) is 11.5 Å². The molecule has 0 aromatic heterocycles. The van der Waals surface area contributed by atoms with Crippen LogP contribution in [0.4, 0.5) is 0 Å². The van der Waals surface area contributed by atoms with Crippen molar-refractivity contribution in [1.29, 1.82) is 0 Å². The number of ether oxygens (including phenoxy) is 1. The lowest BCUT2D eigenvalue weighted by atomic mass is 10.00. The maximum Gasteiger partial charge on any atom is 0.328 e. The van der Waals surface area contributed by atoms with Gasteiger partial charge in [0.2, 0.25) is 17.7 Å². The van der Waals surface area contributed by atoms with E-state index >= 15 is 0 Å². The van der Waals surface area contributed by atoms with Gasteiger partial charge in [-0.05, 0) is 36.3 Å². The Bertz CT molecular complexity index is 1020. The van der Waals surface area contributed by atoms with E-state index in [1.807, 2.05) is 97.1 Å². The van der Waals surface area contributed by atoms with Gasteiger partial charge in [0.15, 0.2) is 0 Å². The summed E-state index contributed by atoms with van der Waals surface area (Å²) in [6.45, 7) is 3.89. The van der Waals surface area contributed by atoms with Crippen molar-refractivity contribution < 1.29 is 23.9 Å². The maximum atomic E-state index is 13.3. The molecule has 2 rings (SSSR count). The summed E-state index contributed by atoms with van der Waals surface area (Å²) in [7, 11) is 1.27. The SMILES string of the molecule is COC(=O)[C@H](Cc1ccccc1)NC(=O)[C@H](CC(C)C)NC(=O)[C@H](CCc1ccccc1)NC(=O)CI. The zero-order valence-corrected chi connectivity index (χ0v) is 23.7. The molecule has 8 nitrogen and oxygen atoms in total. The monoisotopic (exact) mass is 621 g/mol. The highest BCUT2D eigenvalue weighted by molar-refractivity contribution is 14.1. The molecule has 37 heavy (non-hydrogen) atoms. The fraction of sp³-hybridized carbons (Fsp3) is 0.429. The van der Waals surface area contributed by atoms with E-state index in [0.29, 0.717) is 19.3 Å². The number of esters is 1. The minimum absolute atomic E-state index is 0.0912. The lowest BCUT2D eigenvalue weighted by Crippen LogP contribution is -2.56. The van der Waals surface area contributed by atoms with E-state index in [1.54, 1.807) is 0 Å². The average molecular weight is 622 g/mol. The van der Waals surface area contributed by atoms with Crippen LogP contribution in [0, 0.1) is 5.92 Å². The van der Waals surface area contributed by atoms with Crippen LogP contribution in [0.3, 0.4) is 0 Å². The molecule has 200 valence electrons. The number of methoxy groups -OCH3 is 1. The van der Waals surface area contributed by atoms with Gasteiger partial charge in [-0.1, -0.05) is 97.1 Å². The molecule has 0 bridgehead atoms. The highest BCUT2D eigenvalue weighted by Crippen LogP contribution is 2.11. The number of amides is 3. The molecule has 0 radical (unpaired) electrons. The number of benzene rings is 2. The van der Waals surface area contributed by atoms with Crippen LogP contribution in [0.1, 0.15) is 37.8 Å². The van der Waals surface area contributed by atoms with Gasteiger partial charge >= 0.3 is 5.97 Å². The molecule has 0 aliphatic rings. The second-order valence-corrected chi connectivity index (χ2v) is 10.0. The van der Waals surface area contributed by atoms with Crippen LogP contribution in [0.5, 0.6) is 0 Å². The normalized spacial score (nSPS) is 13.2. The number of carbonyl (C=O) groups excluding carboxylic acids is 4. The van der Waals surface area contributed by atoms with E-state index in [9.17, 15) is 19.2 Å². The lowest BCUT2D eigenvalue weighted by molar-refractivity contribution is -0.145. The van der Waals surface area contributed by atoms with E-state index < -0.39 is 35.9 Å². The van der Waals surface area contributed by atoms with E-state index in [2.05, 4.69) is 16.0 Å². The Morgan fingerprint density at radius 3 is 1.86 bits per heavy atom. The number of alkyl halides is 1. The molecular weight excluding hydrogens is 585 g/mol. The topological polar surface area (TPSA) is 114 Å². The van der Waals surface area contributed by atoms with Gasteiger partial charge in [-0.25, -0.2) is 4.79 Å². The Morgan fingerprint density at radius 1 is 0.784 bits per heavy atom. The fourth-order valence-electron chi connectivity index (χ4n) is 3.89. The molecule has 0 saturated carbocycles. The van der Waals surface area contributed by atoms with Crippen LogP contribution < -0.4 is 16.0 Å². The molecular formula is C28H36IN3O5. The number of halogens is 1. The summed E-state index contributed by atoms with van der Waals surface area (Å²) in [5.74, 6) is -1.65. The molecule has 0 aliphatic heterocycles. The van der Waals surface area contributed by atoms with Crippen LogP contribution in [-0.2, 0) is 36.8 Å². The van der Waals surface area contributed by atoms with Crippen molar-refractivity contribution in [1.82, 2.24) is 16.0 Å². The van der Waals surface area contributed by atoms with E-state index in [-0.39, 0.29) is 22.7 Å². The second-order valence-electron chi connectivity index (χ2n) is 9.24. The smallest absolute Gasteiger partial charge is 0.328 e. The molecule has 0 saturated heterocycles. The van der Waals surface area contributed by atoms with Gasteiger partial charge in [0.25, 0.3) is 0 Å². The largest absolute Gasteiger partial charge is 0.467 e. The molecule has 0 unspecified atom stereocenters. The van der Waals surface area contributed by atoms with Crippen molar-refractivity contribution in [3.8, 4) is 0 Å². The van der Waals surface area contributed by atoms with Gasteiger partial charge in [-0.2, -0.15) is 0 Å². The quantitative estimate of drug-likeness (QED) is 0.171. The summed E-state index contributed by atoms with van der Waals surface area (Å²) < 4.78 is 5.12. The number of hydrogen-bond acceptors (Lipinski definition) is 5. The van der Waals surface area contributed by atoms with Gasteiger partial charge in [-0.3, -0.25) is 14.4 Å². The molecule has 0 spiro atoms. The van der Waals surface area contributed by atoms with Crippen LogP contribution in [0.15, 0.2) is 60.7 Å². The summed E-state index contributed by atoms with van der Waals surface area (Å²) >= 11 is 1.94. The Balaban J connectivity index is 2.15. The first-order valence-corrected chi connectivity index (χ1v) is 13.9. The molecule has 0 fully saturated rings. The standard InChI is InChI=1S/C28H36IN3O5/c1-19(2)16-23(27(35)32-24(28(36)37-3)17-21-12-8-5-9-13-21)31-26(34)22(30-25(33)18-29)15-14-20-10-6-4-7-11-20/h4-13,19,22-24H,14-18H2,1-3H3,(H,30,33)(H,31,34)(H,32,35)/t22-,23-,24-/m0/s1. The number of rotatable bonds is 14. The third-order valence-corrected chi connectivity index (χ3v) is 6.46. The van der Waals surface area contributed by atoms with E-state index in [1.165, 1.54) is 7.11 Å². The van der Waals surface area contributed by atoms with Gasteiger partial charge < -0.3 is 20.7 Å². The number of hydrogen-bond donors (Lipinski definition) is 3. The molecule has 2 aromatic rings. The van der Waals surface area contributed by atoms with Crippen molar-refractivity contribution in [2.45, 2.75) is 57.7 Å². The summed E-state index contributed by atoms with van der Waals surface area (Å²) in [5.41, 5.74) is 1.91. The van der Waals surface area contributed by atoms with Crippen molar-refractivity contribution in [2.24, 2.45) is 5.92 Å². The average Bonchev–Trinajstić information content (AvgIpc) is 2.90. The predicted molar refractivity (Wildman–Crippen MR) is 151 cm³/mol. The van der Waals surface area contributed by atoms with Gasteiger partial charge in [-0.15, -0.1) is 0 Å². The summed E-state index contributed by atoms with van der Waals surface area (Å²) in [5, 5.41) is 8.35. The lowest BCUT2D eigenvalue weighted by Gasteiger charge is -2.26. The van der Waals surface area contributed by atoms with E-state index in [4.69, 9.17) is 4.74 Å².